The van der Waals surface area contributed by atoms with Gasteiger partial charge in [0.05, 0.1) is 11.0 Å². The van der Waals surface area contributed by atoms with E-state index < -0.39 is 21.2 Å². The predicted octanol–water partition coefficient (Wildman–Crippen LogP) is 2.28. The maximum absolute atomic E-state index is 12.8. The smallest absolute Gasteiger partial charge is 0.267 e. The molecular weight excluding hydrogens is 374 g/mol. The quantitative estimate of drug-likeness (QED) is 0.783. The van der Waals surface area contributed by atoms with Gasteiger partial charge in [-0.15, -0.1) is 11.3 Å². The first-order chi connectivity index (χ1) is 12.5. The summed E-state index contributed by atoms with van der Waals surface area (Å²) in [6.07, 6.45) is -0.343. The summed E-state index contributed by atoms with van der Waals surface area (Å²) < 4.78 is 36.6. The molecule has 1 amide bonds. The molecule has 0 unspecified atom stereocenters. The first kappa shape index (κ1) is 17.4. The van der Waals surface area contributed by atoms with Gasteiger partial charge in [0.1, 0.15) is 6.61 Å². The van der Waals surface area contributed by atoms with E-state index in [0.29, 0.717) is 24.5 Å². The van der Waals surface area contributed by atoms with Crippen molar-refractivity contribution < 1.29 is 22.7 Å². The van der Waals surface area contributed by atoms with Gasteiger partial charge in [-0.05, 0) is 30.0 Å². The summed E-state index contributed by atoms with van der Waals surface area (Å²) >= 11 is 1.44. The molecule has 138 valence electrons. The van der Waals surface area contributed by atoms with E-state index >= 15 is 0 Å². The van der Waals surface area contributed by atoms with Crippen LogP contribution in [-0.2, 0) is 14.6 Å². The van der Waals surface area contributed by atoms with Crippen molar-refractivity contribution in [3.63, 3.8) is 0 Å². The first-order valence-electron chi connectivity index (χ1n) is 8.47. The first-order valence-corrected chi connectivity index (χ1v) is 11.1. The van der Waals surface area contributed by atoms with Gasteiger partial charge in [0.15, 0.2) is 21.3 Å². The normalized spacial score (nSPS) is 24.7. The van der Waals surface area contributed by atoms with E-state index in [4.69, 9.17) is 9.47 Å². The van der Waals surface area contributed by atoms with Crippen molar-refractivity contribution in [3.8, 4) is 11.5 Å². The van der Waals surface area contributed by atoms with Crippen molar-refractivity contribution in [2.24, 2.45) is 0 Å². The average molecular weight is 393 g/mol. The molecule has 1 saturated heterocycles. The highest BCUT2D eigenvalue weighted by molar-refractivity contribution is 7.91. The number of carbonyl (C=O) groups is 1. The molecule has 3 heterocycles. The monoisotopic (exact) mass is 393 g/mol. The lowest BCUT2D eigenvalue weighted by Crippen LogP contribution is -2.47. The van der Waals surface area contributed by atoms with Crippen LogP contribution in [0.2, 0.25) is 0 Å². The van der Waals surface area contributed by atoms with Gasteiger partial charge in [0, 0.05) is 18.0 Å². The van der Waals surface area contributed by atoms with Gasteiger partial charge in [0.2, 0.25) is 6.10 Å². The second-order valence-electron chi connectivity index (χ2n) is 6.35. The van der Waals surface area contributed by atoms with Gasteiger partial charge in [-0.3, -0.25) is 4.79 Å². The molecule has 2 aliphatic rings. The van der Waals surface area contributed by atoms with Gasteiger partial charge in [-0.2, -0.15) is 0 Å². The van der Waals surface area contributed by atoms with Crippen LogP contribution in [0.1, 0.15) is 16.5 Å². The summed E-state index contributed by atoms with van der Waals surface area (Å²) in [6.45, 7) is 0.708. The summed E-state index contributed by atoms with van der Waals surface area (Å²) in [5, 5.41) is 1.34. The Kier molecular flexibility index (Phi) is 4.62. The van der Waals surface area contributed by atoms with E-state index in [1.165, 1.54) is 11.3 Å². The third kappa shape index (κ3) is 3.31. The zero-order chi connectivity index (χ0) is 18.1. The Morgan fingerprint density at radius 2 is 1.92 bits per heavy atom. The molecule has 0 bridgehead atoms. The van der Waals surface area contributed by atoms with Crippen molar-refractivity contribution in [2.75, 3.05) is 25.4 Å². The molecular formula is C18H19NO5S2. The Morgan fingerprint density at radius 3 is 2.69 bits per heavy atom. The lowest BCUT2D eigenvalue weighted by Gasteiger charge is -2.30. The zero-order valence-corrected chi connectivity index (χ0v) is 15.7. The predicted molar refractivity (Wildman–Crippen MR) is 98.4 cm³/mol. The summed E-state index contributed by atoms with van der Waals surface area (Å²) in [5.74, 6) is 0.899. The second-order valence-corrected chi connectivity index (χ2v) is 9.63. The van der Waals surface area contributed by atoms with Gasteiger partial charge in [-0.25, -0.2) is 8.42 Å². The van der Waals surface area contributed by atoms with Crippen LogP contribution in [0.4, 0.5) is 0 Å². The molecule has 6 nitrogen and oxygen atoms in total. The molecule has 0 N–H and O–H groups in total. The number of hydrogen-bond acceptors (Lipinski definition) is 6. The Morgan fingerprint density at radius 1 is 1.12 bits per heavy atom. The number of rotatable bonds is 2. The fourth-order valence-electron chi connectivity index (χ4n) is 3.30. The number of para-hydroxylation sites is 2. The van der Waals surface area contributed by atoms with E-state index in [2.05, 4.69) is 0 Å². The molecule has 0 radical (unpaired) electrons. The number of fused-ring (bicyclic) bond motifs is 1. The number of thiophene rings is 1. The van der Waals surface area contributed by atoms with E-state index in [0.717, 1.165) is 4.88 Å². The number of sulfone groups is 1. The van der Waals surface area contributed by atoms with Gasteiger partial charge in [0.25, 0.3) is 5.91 Å². The largest absolute Gasteiger partial charge is 0.485 e. The summed E-state index contributed by atoms with van der Waals surface area (Å²) in [5.41, 5.74) is 0. The van der Waals surface area contributed by atoms with Crippen LogP contribution < -0.4 is 9.47 Å². The van der Waals surface area contributed by atoms with Crippen molar-refractivity contribution in [2.45, 2.75) is 17.8 Å². The number of carbonyl (C=O) groups excluding carboxylic acids is 1. The summed E-state index contributed by atoms with van der Waals surface area (Å²) in [6, 6.07) is 10.9. The minimum absolute atomic E-state index is 0.0362. The van der Waals surface area contributed by atoms with Crippen molar-refractivity contribution in [3.05, 3.63) is 46.7 Å². The standard InChI is InChI=1S/C18H19NO5S2/c20-18(15-12-23-13-4-1-2-5-14(13)24-15)19-8-7-17(16-6-3-10-25-16)26(21,22)11-9-19/h1-6,10,15,17H,7-9,11-12H2/t15-,17+/m1/s1. The molecule has 2 atom stereocenters. The maximum atomic E-state index is 12.8. The van der Waals surface area contributed by atoms with Crippen LogP contribution in [0.5, 0.6) is 11.5 Å². The number of ether oxygens (including phenoxy) is 2. The highest BCUT2D eigenvalue weighted by Gasteiger charge is 2.37. The molecule has 0 spiro atoms. The molecule has 0 aliphatic carbocycles. The molecule has 1 fully saturated rings. The average Bonchev–Trinajstić information content (AvgIpc) is 3.12. The van der Waals surface area contributed by atoms with E-state index in [-0.39, 0.29) is 24.8 Å². The Labute approximate surface area is 156 Å². The number of amides is 1. The molecule has 2 aliphatic heterocycles. The SMILES string of the molecule is O=C([C@H]1COc2ccccc2O1)N1CC[C@@H](c2cccs2)S(=O)(=O)CC1. The van der Waals surface area contributed by atoms with Crippen molar-refractivity contribution in [1.29, 1.82) is 0 Å². The third-order valence-corrected chi connectivity index (χ3v) is 7.94. The van der Waals surface area contributed by atoms with Gasteiger partial charge >= 0.3 is 0 Å². The molecule has 1 aromatic heterocycles. The van der Waals surface area contributed by atoms with Crippen LogP contribution in [0, 0.1) is 0 Å². The lowest BCUT2D eigenvalue weighted by atomic mass is 10.2. The summed E-state index contributed by atoms with van der Waals surface area (Å²) in [7, 11) is -3.28. The highest BCUT2D eigenvalue weighted by Crippen LogP contribution is 2.34. The zero-order valence-electron chi connectivity index (χ0n) is 14.0. The summed E-state index contributed by atoms with van der Waals surface area (Å²) in [4.78, 5) is 15.3. The molecule has 0 saturated carbocycles. The second kappa shape index (κ2) is 6.92. The van der Waals surface area contributed by atoms with E-state index in [1.54, 1.807) is 17.0 Å². The Balaban J connectivity index is 1.48. The van der Waals surface area contributed by atoms with Crippen molar-refractivity contribution >= 4 is 27.1 Å². The third-order valence-electron chi connectivity index (χ3n) is 4.70. The Hall–Kier alpha value is -2.06. The maximum Gasteiger partial charge on any atom is 0.267 e. The van der Waals surface area contributed by atoms with Crippen LogP contribution in [0.3, 0.4) is 0 Å². The van der Waals surface area contributed by atoms with Gasteiger partial charge < -0.3 is 14.4 Å². The molecule has 8 heteroatoms. The number of nitrogens with zero attached hydrogens (tertiary/aromatic N) is 1. The molecule has 1 aromatic carbocycles. The number of hydrogen-bond donors (Lipinski definition) is 0. The fourth-order valence-corrected chi connectivity index (χ4v) is 6.31. The highest BCUT2D eigenvalue weighted by atomic mass is 32.2. The molecule has 26 heavy (non-hydrogen) atoms. The van der Waals surface area contributed by atoms with E-state index in [9.17, 15) is 13.2 Å². The van der Waals surface area contributed by atoms with Crippen LogP contribution in [0.25, 0.3) is 0 Å². The van der Waals surface area contributed by atoms with Crippen molar-refractivity contribution in [1.82, 2.24) is 4.90 Å². The number of benzene rings is 1. The fraction of sp³-hybridized carbons (Fsp3) is 0.389. The van der Waals surface area contributed by atoms with Crippen LogP contribution in [0.15, 0.2) is 41.8 Å². The Bertz CT molecular complexity index is 894. The van der Waals surface area contributed by atoms with Gasteiger partial charge in [-0.1, -0.05) is 18.2 Å². The lowest BCUT2D eigenvalue weighted by molar-refractivity contribution is -0.140. The van der Waals surface area contributed by atoms with Crippen LogP contribution in [-0.4, -0.2) is 50.8 Å². The van der Waals surface area contributed by atoms with E-state index in [1.807, 2.05) is 29.6 Å². The van der Waals surface area contributed by atoms with Crippen LogP contribution >= 0.6 is 11.3 Å². The molecule has 2 aromatic rings. The topological polar surface area (TPSA) is 72.9 Å². The molecule has 4 rings (SSSR count). The minimum Gasteiger partial charge on any atom is -0.485 e. The minimum atomic E-state index is -3.28.